The maximum atomic E-state index is 12.2. The van der Waals surface area contributed by atoms with Crippen LogP contribution in [0.15, 0.2) is 24.3 Å². The monoisotopic (exact) mass is 294 g/mol. The topological polar surface area (TPSA) is 49.4 Å². The number of benzene rings is 1. The van der Waals surface area contributed by atoms with Crippen molar-refractivity contribution in [2.75, 3.05) is 0 Å². The second kappa shape index (κ2) is 5.94. The van der Waals surface area contributed by atoms with Gasteiger partial charge in [0.15, 0.2) is 0 Å². The van der Waals surface area contributed by atoms with Crippen molar-refractivity contribution in [3.63, 3.8) is 0 Å². The molecule has 0 aliphatic carbocycles. The second-order valence-electron chi connectivity index (χ2n) is 5.36. The number of imide groups is 1. The molecule has 2 rings (SSSR count). The van der Waals surface area contributed by atoms with Gasteiger partial charge in [0.1, 0.15) is 0 Å². The van der Waals surface area contributed by atoms with Crippen LogP contribution in [0.25, 0.3) is 0 Å². The van der Waals surface area contributed by atoms with Crippen LogP contribution >= 0.6 is 11.6 Å². The molecular formula is C15H19ClN2O2. The van der Waals surface area contributed by atoms with E-state index in [1.807, 2.05) is 45.0 Å². The van der Waals surface area contributed by atoms with E-state index in [9.17, 15) is 9.59 Å². The van der Waals surface area contributed by atoms with Crippen molar-refractivity contribution in [3.8, 4) is 0 Å². The minimum Gasteiger partial charge on any atom is -0.299 e. The lowest BCUT2D eigenvalue weighted by Gasteiger charge is -2.21. The van der Waals surface area contributed by atoms with Gasteiger partial charge < -0.3 is 0 Å². The number of carbonyl (C=O) groups excluding carboxylic acids is 2. The Hall–Kier alpha value is -1.39. The lowest BCUT2D eigenvalue weighted by molar-refractivity contribution is -0.140. The van der Waals surface area contributed by atoms with Gasteiger partial charge in [0, 0.05) is 17.1 Å². The van der Waals surface area contributed by atoms with Gasteiger partial charge in [0.2, 0.25) is 11.8 Å². The van der Waals surface area contributed by atoms with Crippen LogP contribution in [-0.2, 0) is 9.59 Å². The molecule has 1 fully saturated rings. The quantitative estimate of drug-likeness (QED) is 0.868. The van der Waals surface area contributed by atoms with Crippen LogP contribution in [0.4, 0.5) is 0 Å². The fourth-order valence-electron chi connectivity index (χ4n) is 2.54. The Morgan fingerprint density at radius 1 is 1.25 bits per heavy atom. The van der Waals surface area contributed by atoms with E-state index < -0.39 is 6.04 Å². The summed E-state index contributed by atoms with van der Waals surface area (Å²) in [5.41, 5.74) is 0.928. The normalized spacial score (nSPS) is 20.9. The molecule has 1 saturated heterocycles. The molecule has 0 bridgehead atoms. The third-order valence-corrected chi connectivity index (χ3v) is 3.87. The maximum absolute atomic E-state index is 12.2. The van der Waals surface area contributed by atoms with Crippen LogP contribution in [0.2, 0.25) is 5.02 Å². The summed E-state index contributed by atoms with van der Waals surface area (Å²) in [6, 6.07) is 6.86. The van der Waals surface area contributed by atoms with Crippen LogP contribution in [0, 0.1) is 0 Å². The minimum absolute atomic E-state index is 0.0856. The Kier molecular flexibility index (Phi) is 4.45. The lowest BCUT2D eigenvalue weighted by Crippen LogP contribution is -2.42. The molecule has 1 heterocycles. The van der Waals surface area contributed by atoms with Crippen molar-refractivity contribution in [1.82, 2.24) is 10.2 Å². The number of likely N-dealkylation sites (tertiary alicyclic amines) is 1. The highest BCUT2D eigenvalue weighted by Crippen LogP contribution is 2.25. The highest BCUT2D eigenvalue weighted by molar-refractivity contribution is 6.31. The summed E-state index contributed by atoms with van der Waals surface area (Å²) in [6.07, 6.45) is 0.214. The van der Waals surface area contributed by atoms with Crippen LogP contribution < -0.4 is 5.32 Å². The molecule has 20 heavy (non-hydrogen) atoms. The zero-order chi connectivity index (χ0) is 14.9. The average molecular weight is 295 g/mol. The summed E-state index contributed by atoms with van der Waals surface area (Å²) >= 11 is 6.15. The van der Waals surface area contributed by atoms with Crippen molar-refractivity contribution in [2.24, 2.45) is 0 Å². The smallest absolute Gasteiger partial charge is 0.247 e. The van der Waals surface area contributed by atoms with Gasteiger partial charge in [0.05, 0.1) is 12.5 Å². The molecule has 0 radical (unpaired) electrons. The number of amides is 2. The Morgan fingerprint density at radius 2 is 1.90 bits per heavy atom. The van der Waals surface area contributed by atoms with E-state index in [4.69, 9.17) is 11.6 Å². The first kappa shape index (κ1) is 15.0. The summed E-state index contributed by atoms with van der Waals surface area (Å²) in [5.74, 6) is -0.266. The Balaban J connectivity index is 2.10. The first-order chi connectivity index (χ1) is 9.41. The van der Waals surface area contributed by atoms with Crippen LogP contribution in [-0.4, -0.2) is 28.8 Å². The lowest BCUT2D eigenvalue weighted by atomic mass is 10.1. The number of nitrogens with zero attached hydrogens (tertiary/aromatic N) is 1. The van der Waals surface area contributed by atoms with E-state index in [1.165, 1.54) is 4.90 Å². The number of carbonyl (C=O) groups is 2. The number of halogens is 1. The van der Waals surface area contributed by atoms with Crippen molar-refractivity contribution in [2.45, 2.75) is 45.3 Å². The van der Waals surface area contributed by atoms with Crippen molar-refractivity contribution >= 4 is 23.4 Å². The first-order valence-corrected chi connectivity index (χ1v) is 7.16. The highest BCUT2D eigenvalue weighted by atomic mass is 35.5. The van der Waals surface area contributed by atoms with E-state index in [0.717, 1.165) is 5.56 Å². The second-order valence-corrected chi connectivity index (χ2v) is 5.77. The third-order valence-electron chi connectivity index (χ3n) is 3.52. The van der Waals surface area contributed by atoms with Crippen LogP contribution in [0.5, 0.6) is 0 Å². The molecule has 1 aromatic carbocycles. The molecule has 5 heteroatoms. The SMILES string of the molecule is CC(NC1CC(=O)N(C(C)C)C1=O)c1ccccc1Cl. The molecule has 0 spiro atoms. The van der Waals surface area contributed by atoms with Gasteiger partial charge in [-0.1, -0.05) is 29.8 Å². The predicted octanol–water partition coefficient (Wildman–Crippen LogP) is 2.53. The molecule has 4 nitrogen and oxygen atoms in total. The Labute approximate surface area is 124 Å². The van der Waals surface area contributed by atoms with Crippen molar-refractivity contribution in [1.29, 1.82) is 0 Å². The van der Waals surface area contributed by atoms with Gasteiger partial charge in [-0.3, -0.25) is 19.8 Å². The van der Waals surface area contributed by atoms with Gasteiger partial charge in [0.25, 0.3) is 0 Å². The molecule has 2 unspecified atom stereocenters. The fraction of sp³-hybridized carbons (Fsp3) is 0.467. The van der Waals surface area contributed by atoms with E-state index in [-0.39, 0.29) is 30.3 Å². The minimum atomic E-state index is -0.462. The van der Waals surface area contributed by atoms with Crippen molar-refractivity contribution in [3.05, 3.63) is 34.9 Å². The largest absolute Gasteiger partial charge is 0.299 e. The molecule has 1 aromatic rings. The molecule has 1 aliphatic rings. The summed E-state index contributed by atoms with van der Waals surface area (Å²) in [7, 11) is 0. The van der Waals surface area contributed by atoms with Crippen LogP contribution in [0.1, 0.15) is 38.8 Å². The summed E-state index contributed by atoms with van der Waals surface area (Å²) < 4.78 is 0. The van der Waals surface area contributed by atoms with Gasteiger partial charge >= 0.3 is 0 Å². The Bertz CT molecular complexity index is 530. The van der Waals surface area contributed by atoms with Crippen LogP contribution in [0.3, 0.4) is 0 Å². The van der Waals surface area contributed by atoms with E-state index in [1.54, 1.807) is 0 Å². The third kappa shape index (κ3) is 2.86. The van der Waals surface area contributed by atoms with Gasteiger partial charge in [-0.25, -0.2) is 0 Å². The molecular weight excluding hydrogens is 276 g/mol. The first-order valence-electron chi connectivity index (χ1n) is 6.78. The molecule has 1 aliphatic heterocycles. The summed E-state index contributed by atoms with van der Waals surface area (Å²) in [4.78, 5) is 25.4. The number of hydrogen-bond donors (Lipinski definition) is 1. The molecule has 2 amide bonds. The average Bonchev–Trinajstić information content (AvgIpc) is 2.64. The van der Waals surface area contributed by atoms with Gasteiger partial charge in [-0.15, -0.1) is 0 Å². The predicted molar refractivity (Wildman–Crippen MR) is 78.4 cm³/mol. The zero-order valence-corrected chi connectivity index (χ0v) is 12.6. The Morgan fingerprint density at radius 3 is 2.45 bits per heavy atom. The zero-order valence-electron chi connectivity index (χ0n) is 11.9. The van der Waals surface area contributed by atoms with Gasteiger partial charge in [-0.05, 0) is 32.4 Å². The molecule has 2 atom stereocenters. The molecule has 0 aromatic heterocycles. The number of hydrogen-bond acceptors (Lipinski definition) is 3. The molecule has 0 saturated carbocycles. The van der Waals surface area contributed by atoms with E-state index in [2.05, 4.69) is 5.32 Å². The maximum Gasteiger partial charge on any atom is 0.247 e. The molecule has 1 N–H and O–H groups in total. The number of rotatable bonds is 4. The van der Waals surface area contributed by atoms with E-state index in [0.29, 0.717) is 5.02 Å². The van der Waals surface area contributed by atoms with Crippen molar-refractivity contribution < 1.29 is 9.59 Å². The van der Waals surface area contributed by atoms with E-state index >= 15 is 0 Å². The summed E-state index contributed by atoms with van der Waals surface area (Å²) in [6.45, 7) is 5.63. The molecule has 108 valence electrons. The fourth-order valence-corrected chi connectivity index (χ4v) is 2.84. The number of nitrogens with one attached hydrogen (secondary N) is 1. The van der Waals surface area contributed by atoms with Gasteiger partial charge in [-0.2, -0.15) is 0 Å². The highest BCUT2D eigenvalue weighted by Gasteiger charge is 2.40. The standard InChI is InChI=1S/C15H19ClN2O2/c1-9(2)18-14(19)8-13(15(18)20)17-10(3)11-6-4-5-7-12(11)16/h4-7,9-10,13,17H,8H2,1-3H3. The summed E-state index contributed by atoms with van der Waals surface area (Å²) in [5, 5.41) is 3.86.